The summed E-state index contributed by atoms with van der Waals surface area (Å²) < 4.78 is 15.5. The van der Waals surface area contributed by atoms with E-state index >= 15 is 0 Å². The van der Waals surface area contributed by atoms with E-state index in [0.29, 0.717) is 13.1 Å². The molecule has 116 valence electrons. The van der Waals surface area contributed by atoms with Crippen LogP contribution >= 0.6 is 0 Å². The van der Waals surface area contributed by atoms with E-state index in [1.54, 1.807) is 13.3 Å². The number of nitrogens with zero attached hydrogens (tertiary/aromatic N) is 3. The van der Waals surface area contributed by atoms with Crippen molar-refractivity contribution >= 4 is 5.96 Å². The summed E-state index contributed by atoms with van der Waals surface area (Å²) in [6.45, 7) is 1.55. The van der Waals surface area contributed by atoms with Gasteiger partial charge in [0.25, 0.3) is 0 Å². The molecule has 22 heavy (non-hydrogen) atoms. The van der Waals surface area contributed by atoms with E-state index in [0.717, 1.165) is 28.7 Å². The average molecular weight is 302 g/mol. The molecule has 3 rings (SSSR count). The molecule has 0 radical (unpaired) electrons. The minimum atomic E-state index is 0.286. The molecule has 0 aliphatic carbocycles. The second-order valence-electron chi connectivity index (χ2n) is 4.94. The maximum Gasteiger partial charge on any atom is 0.231 e. The van der Waals surface area contributed by atoms with Gasteiger partial charge in [0, 0.05) is 26.7 Å². The molecule has 0 saturated carbocycles. The molecule has 1 aromatic heterocycles. The number of fused-ring (bicyclic) bond motifs is 1. The molecule has 0 saturated heterocycles. The zero-order valence-electron chi connectivity index (χ0n) is 12.6. The Morgan fingerprint density at radius 2 is 2.18 bits per heavy atom. The van der Waals surface area contributed by atoms with Crippen LogP contribution in [0.15, 0.2) is 40.0 Å². The predicted octanol–water partition coefficient (Wildman–Crippen LogP) is 1.61. The first kappa shape index (κ1) is 14.2. The summed E-state index contributed by atoms with van der Waals surface area (Å²) in [5.41, 5.74) is 1.95. The zero-order chi connectivity index (χ0) is 15.4. The van der Waals surface area contributed by atoms with Crippen LogP contribution < -0.4 is 14.8 Å². The molecular weight excluding hydrogens is 284 g/mol. The Bertz CT molecular complexity index is 655. The summed E-state index contributed by atoms with van der Waals surface area (Å²) in [5, 5.41) is 7.21. The van der Waals surface area contributed by atoms with Gasteiger partial charge < -0.3 is 24.2 Å². The van der Waals surface area contributed by atoms with Gasteiger partial charge in [0.15, 0.2) is 17.5 Å². The van der Waals surface area contributed by atoms with Crippen molar-refractivity contribution in [2.24, 2.45) is 4.99 Å². The van der Waals surface area contributed by atoms with Gasteiger partial charge in [-0.25, -0.2) is 0 Å². The summed E-state index contributed by atoms with van der Waals surface area (Å²) in [6.07, 6.45) is 1.56. The molecule has 0 atom stereocenters. The summed E-state index contributed by atoms with van der Waals surface area (Å²) in [6, 6.07) is 7.73. The van der Waals surface area contributed by atoms with Crippen LogP contribution in [0.2, 0.25) is 0 Å². The molecule has 1 aliphatic rings. The Hall–Kier alpha value is -2.70. The molecule has 0 bridgehead atoms. The first-order valence-corrected chi connectivity index (χ1v) is 6.96. The molecule has 7 nitrogen and oxygen atoms in total. The summed E-state index contributed by atoms with van der Waals surface area (Å²) in [5.74, 6) is 2.35. The van der Waals surface area contributed by atoms with E-state index in [2.05, 4.69) is 15.5 Å². The molecule has 0 fully saturated rings. The van der Waals surface area contributed by atoms with Gasteiger partial charge >= 0.3 is 0 Å². The zero-order valence-corrected chi connectivity index (χ0v) is 12.6. The van der Waals surface area contributed by atoms with Crippen molar-refractivity contribution in [3.05, 3.63) is 41.8 Å². The van der Waals surface area contributed by atoms with Gasteiger partial charge in [-0.3, -0.25) is 4.99 Å². The molecule has 1 N–H and O–H groups in total. The fourth-order valence-corrected chi connectivity index (χ4v) is 2.25. The largest absolute Gasteiger partial charge is 0.454 e. The molecule has 2 heterocycles. The van der Waals surface area contributed by atoms with Gasteiger partial charge in [0.1, 0.15) is 12.0 Å². The van der Waals surface area contributed by atoms with Crippen molar-refractivity contribution in [2.45, 2.75) is 13.1 Å². The number of benzene rings is 1. The van der Waals surface area contributed by atoms with Gasteiger partial charge in [0.2, 0.25) is 6.79 Å². The summed E-state index contributed by atoms with van der Waals surface area (Å²) in [7, 11) is 3.70. The molecule has 2 aromatic rings. The predicted molar refractivity (Wildman–Crippen MR) is 80.7 cm³/mol. The Kier molecular flexibility index (Phi) is 4.13. The van der Waals surface area contributed by atoms with Gasteiger partial charge in [-0.15, -0.1) is 0 Å². The maximum atomic E-state index is 5.38. The number of aromatic nitrogens is 1. The number of hydrogen-bond donors (Lipinski definition) is 1. The first-order valence-electron chi connectivity index (χ1n) is 6.96. The van der Waals surface area contributed by atoms with Gasteiger partial charge in [-0.05, 0) is 17.7 Å². The third-order valence-electron chi connectivity index (χ3n) is 3.35. The SMILES string of the molecule is CN=C(NCc1ccc2c(c1)OCO2)N(C)Cc1ccon1. The number of aliphatic imine (C=N–C) groups is 1. The molecule has 0 spiro atoms. The third-order valence-corrected chi connectivity index (χ3v) is 3.35. The van der Waals surface area contributed by atoms with Crippen LogP contribution in [0.3, 0.4) is 0 Å². The van der Waals surface area contributed by atoms with Crippen LogP contribution in [0.5, 0.6) is 11.5 Å². The van der Waals surface area contributed by atoms with Crippen molar-refractivity contribution in [1.82, 2.24) is 15.4 Å². The molecule has 1 aliphatic heterocycles. The van der Waals surface area contributed by atoms with Crippen LogP contribution in [-0.2, 0) is 13.1 Å². The van der Waals surface area contributed by atoms with E-state index < -0.39 is 0 Å². The van der Waals surface area contributed by atoms with Crippen molar-refractivity contribution in [2.75, 3.05) is 20.9 Å². The van der Waals surface area contributed by atoms with Gasteiger partial charge in [-0.2, -0.15) is 0 Å². The number of rotatable bonds is 4. The molecule has 0 unspecified atom stereocenters. The van der Waals surface area contributed by atoms with Crippen molar-refractivity contribution in [1.29, 1.82) is 0 Å². The third kappa shape index (κ3) is 3.13. The highest BCUT2D eigenvalue weighted by atomic mass is 16.7. The minimum absolute atomic E-state index is 0.286. The molecule has 0 amide bonds. The minimum Gasteiger partial charge on any atom is -0.454 e. The Balaban J connectivity index is 1.59. The number of nitrogens with one attached hydrogen (secondary N) is 1. The highest BCUT2D eigenvalue weighted by Crippen LogP contribution is 2.32. The van der Waals surface area contributed by atoms with Gasteiger partial charge in [0.05, 0.1) is 6.54 Å². The Morgan fingerprint density at radius 1 is 1.32 bits per heavy atom. The quantitative estimate of drug-likeness (QED) is 0.683. The lowest BCUT2D eigenvalue weighted by Crippen LogP contribution is -2.38. The highest BCUT2D eigenvalue weighted by Gasteiger charge is 2.14. The number of guanidine groups is 1. The van der Waals surface area contributed by atoms with Crippen LogP contribution in [0, 0.1) is 0 Å². The van der Waals surface area contributed by atoms with Crippen molar-refractivity contribution in [3.63, 3.8) is 0 Å². The lowest BCUT2D eigenvalue weighted by molar-refractivity contribution is 0.174. The van der Waals surface area contributed by atoms with Crippen LogP contribution in [0.25, 0.3) is 0 Å². The lowest BCUT2D eigenvalue weighted by atomic mass is 10.2. The monoisotopic (exact) mass is 302 g/mol. The Morgan fingerprint density at radius 3 is 2.95 bits per heavy atom. The molecule has 1 aromatic carbocycles. The second-order valence-corrected chi connectivity index (χ2v) is 4.94. The fraction of sp³-hybridized carbons (Fsp3) is 0.333. The average Bonchev–Trinajstić information content (AvgIpc) is 3.18. The Labute approximate surface area is 128 Å². The molecular formula is C15H18N4O3. The topological polar surface area (TPSA) is 72.1 Å². The summed E-state index contributed by atoms with van der Waals surface area (Å²) >= 11 is 0. The van der Waals surface area contributed by atoms with E-state index in [9.17, 15) is 0 Å². The fourth-order valence-electron chi connectivity index (χ4n) is 2.25. The smallest absolute Gasteiger partial charge is 0.231 e. The highest BCUT2D eigenvalue weighted by molar-refractivity contribution is 5.79. The standard InChI is InChI=1S/C15H18N4O3/c1-16-15(19(2)9-12-5-6-22-18-12)17-8-11-3-4-13-14(7-11)21-10-20-13/h3-7H,8-10H2,1-2H3,(H,16,17). The van der Waals surface area contributed by atoms with Crippen LogP contribution in [0.1, 0.15) is 11.3 Å². The van der Waals surface area contributed by atoms with Gasteiger partial charge in [-0.1, -0.05) is 11.2 Å². The molecule has 7 heteroatoms. The van der Waals surface area contributed by atoms with E-state index in [4.69, 9.17) is 14.0 Å². The van der Waals surface area contributed by atoms with E-state index in [1.807, 2.05) is 36.2 Å². The van der Waals surface area contributed by atoms with Crippen LogP contribution in [0.4, 0.5) is 0 Å². The maximum absolute atomic E-state index is 5.38. The number of ether oxygens (including phenoxy) is 2. The normalized spacial score (nSPS) is 13.3. The summed E-state index contributed by atoms with van der Waals surface area (Å²) in [4.78, 5) is 6.25. The number of hydrogen-bond acceptors (Lipinski definition) is 5. The van der Waals surface area contributed by atoms with E-state index in [-0.39, 0.29) is 6.79 Å². The second kappa shape index (κ2) is 6.38. The van der Waals surface area contributed by atoms with Crippen LogP contribution in [-0.4, -0.2) is 36.9 Å². The lowest BCUT2D eigenvalue weighted by Gasteiger charge is -2.21. The van der Waals surface area contributed by atoms with E-state index in [1.165, 1.54) is 0 Å². The van der Waals surface area contributed by atoms with Crippen molar-refractivity contribution in [3.8, 4) is 11.5 Å². The van der Waals surface area contributed by atoms with Crippen molar-refractivity contribution < 1.29 is 14.0 Å². The first-order chi connectivity index (χ1) is 10.8.